The van der Waals surface area contributed by atoms with Crippen LogP contribution in [0.15, 0.2) is 24.3 Å². The van der Waals surface area contributed by atoms with Crippen molar-refractivity contribution in [3.05, 3.63) is 30.1 Å². The van der Waals surface area contributed by atoms with E-state index in [2.05, 4.69) is 29.9 Å². The molecule has 0 radical (unpaired) electrons. The van der Waals surface area contributed by atoms with Gasteiger partial charge in [0.05, 0.1) is 16.8 Å². The first-order chi connectivity index (χ1) is 11.1. The van der Waals surface area contributed by atoms with E-state index in [4.69, 9.17) is 0 Å². The van der Waals surface area contributed by atoms with Crippen LogP contribution in [0.1, 0.15) is 32.5 Å². The van der Waals surface area contributed by atoms with Crippen LogP contribution in [-0.2, 0) is 11.2 Å². The first-order valence-corrected chi connectivity index (χ1v) is 9.49. The van der Waals surface area contributed by atoms with Crippen molar-refractivity contribution >= 4 is 28.7 Å². The van der Waals surface area contributed by atoms with Crippen molar-refractivity contribution in [1.82, 2.24) is 14.9 Å². The molecule has 2 aromatic rings. The molecule has 0 spiro atoms. The molecule has 1 amide bonds. The highest BCUT2D eigenvalue weighted by molar-refractivity contribution is 8.00. The van der Waals surface area contributed by atoms with E-state index in [0.717, 1.165) is 42.8 Å². The number of benzene rings is 1. The normalized spacial score (nSPS) is 18.7. The van der Waals surface area contributed by atoms with E-state index in [1.54, 1.807) is 11.8 Å². The Hall–Kier alpha value is -1.49. The lowest BCUT2D eigenvalue weighted by molar-refractivity contribution is -0.130. The highest BCUT2D eigenvalue weighted by Gasteiger charge is 2.24. The van der Waals surface area contributed by atoms with Gasteiger partial charge >= 0.3 is 0 Å². The van der Waals surface area contributed by atoms with Gasteiger partial charge in [-0.15, -0.1) is 11.8 Å². The number of nitrogens with zero attached hydrogens (tertiary/aromatic N) is 2. The highest BCUT2D eigenvalue weighted by atomic mass is 32.2. The third-order valence-corrected chi connectivity index (χ3v) is 5.41. The van der Waals surface area contributed by atoms with Crippen LogP contribution in [0.5, 0.6) is 0 Å². The van der Waals surface area contributed by atoms with Gasteiger partial charge in [0.15, 0.2) is 0 Å². The summed E-state index contributed by atoms with van der Waals surface area (Å²) < 4.78 is 0. The van der Waals surface area contributed by atoms with Crippen molar-refractivity contribution in [3.63, 3.8) is 0 Å². The molecule has 1 aliphatic rings. The van der Waals surface area contributed by atoms with Gasteiger partial charge in [-0.3, -0.25) is 4.79 Å². The lowest BCUT2D eigenvalue weighted by atomic mass is 9.94. The zero-order valence-electron chi connectivity index (χ0n) is 13.9. The number of piperidine rings is 1. The van der Waals surface area contributed by atoms with E-state index < -0.39 is 0 Å². The minimum absolute atomic E-state index is 0.290. The number of nitrogens with one attached hydrogen (secondary N) is 1. The fourth-order valence-corrected chi connectivity index (χ4v) is 3.82. The zero-order valence-corrected chi connectivity index (χ0v) is 14.7. The Labute approximate surface area is 142 Å². The predicted molar refractivity (Wildman–Crippen MR) is 96.7 cm³/mol. The summed E-state index contributed by atoms with van der Waals surface area (Å²) in [5.41, 5.74) is 2.12. The summed E-state index contributed by atoms with van der Waals surface area (Å²) in [6.45, 7) is 6.06. The molecule has 1 aromatic heterocycles. The number of hydrogen-bond donors (Lipinski definition) is 1. The van der Waals surface area contributed by atoms with E-state index in [0.29, 0.717) is 16.9 Å². The van der Waals surface area contributed by atoms with Gasteiger partial charge in [-0.2, -0.15) is 0 Å². The summed E-state index contributed by atoms with van der Waals surface area (Å²) in [5.74, 6) is 2.45. The van der Waals surface area contributed by atoms with Gasteiger partial charge in [-0.25, -0.2) is 4.98 Å². The molecular formula is C18H25N3OS. The largest absolute Gasteiger partial charge is 0.342 e. The Morgan fingerprint density at radius 3 is 3.04 bits per heavy atom. The monoisotopic (exact) mass is 331 g/mol. The fourth-order valence-electron chi connectivity index (χ4n) is 3.16. The molecule has 23 heavy (non-hydrogen) atoms. The molecule has 1 aliphatic heterocycles. The number of carbonyl (C=O) groups excluding carboxylic acids is 1. The van der Waals surface area contributed by atoms with Crippen LogP contribution in [0, 0.1) is 5.92 Å². The van der Waals surface area contributed by atoms with Gasteiger partial charge in [0.1, 0.15) is 5.82 Å². The third kappa shape index (κ3) is 4.28. The maximum absolute atomic E-state index is 12.3. The molecular weight excluding hydrogens is 306 g/mol. The summed E-state index contributed by atoms with van der Waals surface area (Å²) in [6, 6.07) is 8.14. The Bertz CT molecular complexity index is 634. The number of rotatable bonds is 5. The number of thioether (sulfide) groups is 1. The summed E-state index contributed by atoms with van der Waals surface area (Å²) in [7, 11) is 0. The second-order valence-electron chi connectivity index (χ2n) is 6.61. The number of imidazole rings is 1. The molecule has 1 fully saturated rings. The molecule has 2 heterocycles. The fraction of sp³-hybridized carbons (Fsp3) is 0.556. The number of aromatic nitrogens is 2. The molecule has 0 unspecified atom stereocenters. The number of para-hydroxylation sites is 2. The topological polar surface area (TPSA) is 49.0 Å². The quantitative estimate of drug-likeness (QED) is 0.912. The van der Waals surface area contributed by atoms with Crippen molar-refractivity contribution in [2.75, 3.05) is 18.8 Å². The lowest BCUT2D eigenvalue weighted by Crippen LogP contribution is -2.41. The number of amides is 1. The summed E-state index contributed by atoms with van der Waals surface area (Å²) in [6.07, 6.45) is 3.21. The van der Waals surface area contributed by atoms with Gasteiger partial charge in [-0.05, 0) is 36.1 Å². The minimum atomic E-state index is 0.290. The lowest BCUT2D eigenvalue weighted by Gasteiger charge is -2.32. The second-order valence-corrected chi connectivity index (χ2v) is 8.18. The molecule has 0 aliphatic carbocycles. The molecule has 1 N–H and O–H groups in total. The second kappa shape index (κ2) is 7.39. The number of fused-ring (bicyclic) bond motifs is 1. The van der Waals surface area contributed by atoms with E-state index in [1.807, 2.05) is 23.1 Å². The third-order valence-electron chi connectivity index (χ3n) is 4.33. The number of carbonyl (C=O) groups is 1. The number of aromatic amines is 1. The van der Waals surface area contributed by atoms with Gasteiger partial charge < -0.3 is 9.88 Å². The standard InChI is InChI=1S/C18H25N3OS/c1-13(2)23-12-18(22)21-9-5-6-14(11-21)10-17-19-15-7-3-4-8-16(15)20-17/h3-4,7-8,13-14H,5-6,9-12H2,1-2H3,(H,19,20)/t14-/m0/s1. The van der Waals surface area contributed by atoms with Crippen molar-refractivity contribution < 1.29 is 4.79 Å². The van der Waals surface area contributed by atoms with Crippen LogP contribution in [0.4, 0.5) is 0 Å². The van der Waals surface area contributed by atoms with E-state index in [9.17, 15) is 4.79 Å². The van der Waals surface area contributed by atoms with Crippen molar-refractivity contribution in [3.8, 4) is 0 Å². The van der Waals surface area contributed by atoms with E-state index in [1.165, 1.54) is 6.42 Å². The van der Waals surface area contributed by atoms with E-state index in [-0.39, 0.29) is 5.91 Å². The first kappa shape index (κ1) is 16.4. The number of H-pyrrole nitrogens is 1. The Morgan fingerprint density at radius 1 is 1.43 bits per heavy atom. The maximum Gasteiger partial charge on any atom is 0.232 e. The first-order valence-electron chi connectivity index (χ1n) is 8.45. The van der Waals surface area contributed by atoms with Crippen LogP contribution in [-0.4, -0.2) is 44.9 Å². The summed E-state index contributed by atoms with van der Waals surface area (Å²) in [4.78, 5) is 22.5. The number of likely N-dealkylation sites (tertiary alicyclic amines) is 1. The van der Waals surface area contributed by atoms with Gasteiger partial charge in [0.2, 0.25) is 5.91 Å². The molecule has 1 aromatic carbocycles. The van der Waals surface area contributed by atoms with Crippen molar-refractivity contribution in [1.29, 1.82) is 0 Å². The average Bonchev–Trinajstić information content (AvgIpc) is 2.95. The zero-order chi connectivity index (χ0) is 16.2. The molecule has 3 rings (SSSR count). The molecule has 4 nitrogen and oxygen atoms in total. The smallest absolute Gasteiger partial charge is 0.232 e. The van der Waals surface area contributed by atoms with E-state index >= 15 is 0 Å². The van der Waals surface area contributed by atoms with Gasteiger partial charge in [0, 0.05) is 19.5 Å². The predicted octanol–water partition coefficient (Wildman–Crippen LogP) is 3.49. The molecule has 1 saturated heterocycles. The van der Waals surface area contributed by atoms with Crippen LogP contribution < -0.4 is 0 Å². The average molecular weight is 331 g/mol. The van der Waals surface area contributed by atoms with Crippen LogP contribution in [0.3, 0.4) is 0 Å². The summed E-state index contributed by atoms with van der Waals surface area (Å²) >= 11 is 1.73. The SMILES string of the molecule is CC(C)SCC(=O)N1CCC[C@@H](Cc2nc3ccccc3[nH]2)C1. The minimum Gasteiger partial charge on any atom is -0.342 e. The van der Waals surface area contributed by atoms with Crippen molar-refractivity contribution in [2.24, 2.45) is 5.92 Å². The molecule has 1 atom stereocenters. The molecule has 124 valence electrons. The van der Waals surface area contributed by atoms with Crippen LogP contribution in [0.2, 0.25) is 0 Å². The number of hydrogen-bond acceptors (Lipinski definition) is 3. The van der Waals surface area contributed by atoms with Crippen LogP contribution >= 0.6 is 11.8 Å². The maximum atomic E-state index is 12.3. The highest BCUT2D eigenvalue weighted by Crippen LogP contribution is 2.22. The molecule has 0 saturated carbocycles. The van der Waals surface area contributed by atoms with Gasteiger partial charge in [0.25, 0.3) is 0 Å². The summed E-state index contributed by atoms with van der Waals surface area (Å²) in [5, 5.41) is 0.509. The Morgan fingerprint density at radius 2 is 2.26 bits per heavy atom. The molecule has 5 heteroatoms. The Balaban J connectivity index is 1.58. The van der Waals surface area contributed by atoms with Crippen LogP contribution in [0.25, 0.3) is 11.0 Å². The van der Waals surface area contributed by atoms with Crippen molar-refractivity contribution in [2.45, 2.75) is 38.4 Å². The van der Waals surface area contributed by atoms with Gasteiger partial charge in [-0.1, -0.05) is 26.0 Å². The Kier molecular flexibility index (Phi) is 5.26. The molecule has 0 bridgehead atoms.